The molecular weight excluding hydrogens is 276 g/mol. The monoisotopic (exact) mass is 296 g/mol. The van der Waals surface area contributed by atoms with E-state index in [0.717, 1.165) is 11.1 Å². The predicted molar refractivity (Wildman–Crippen MR) is 77.6 cm³/mol. The van der Waals surface area contributed by atoms with Crippen LogP contribution in [0, 0.1) is 5.92 Å². The van der Waals surface area contributed by atoms with Gasteiger partial charge in [-0.2, -0.15) is 0 Å². The van der Waals surface area contributed by atoms with Gasteiger partial charge in [-0.3, -0.25) is 4.79 Å². The molecule has 0 radical (unpaired) electrons. The number of sulfone groups is 1. The molecule has 3 N–H and O–H groups in total. The van der Waals surface area contributed by atoms with Crippen LogP contribution in [0.1, 0.15) is 24.0 Å². The van der Waals surface area contributed by atoms with Gasteiger partial charge in [-0.1, -0.05) is 24.3 Å². The van der Waals surface area contributed by atoms with Gasteiger partial charge in [0.25, 0.3) is 0 Å². The van der Waals surface area contributed by atoms with Crippen LogP contribution in [0.25, 0.3) is 0 Å². The summed E-state index contributed by atoms with van der Waals surface area (Å²) in [6.07, 6.45) is 0.890. The van der Waals surface area contributed by atoms with Crippen molar-refractivity contribution in [3.8, 4) is 0 Å². The molecule has 1 saturated heterocycles. The maximum atomic E-state index is 11.8. The van der Waals surface area contributed by atoms with Crippen molar-refractivity contribution in [3.63, 3.8) is 0 Å². The van der Waals surface area contributed by atoms with Crippen molar-refractivity contribution in [3.05, 3.63) is 35.4 Å². The number of nitrogens with two attached hydrogens (primary N) is 1. The molecule has 2 rings (SSSR count). The Morgan fingerprint density at radius 2 is 1.90 bits per heavy atom. The minimum Gasteiger partial charge on any atom is -0.352 e. The van der Waals surface area contributed by atoms with Gasteiger partial charge in [0.15, 0.2) is 9.84 Å². The van der Waals surface area contributed by atoms with Crippen molar-refractivity contribution in [2.24, 2.45) is 11.7 Å². The van der Waals surface area contributed by atoms with Gasteiger partial charge in [-0.25, -0.2) is 8.42 Å². The van der Waals surface area contributed by atoms with Gasteiger partial charge < -0.3 is 11.1 Å². The SMILES string of the molecule is NCc1ccc(CNC(=O)CC2CCS(=O)(=O)C2)cc1. The molecule has 1 unspecified atom stereocenters. The van der Waals surface area contributed by atoms with Gasteiger partial charge in [0.05, 0.1) is 11.5 Å². The highest BCUT2D eigenvalue weighted by Gasteiger charge is 2.29. The maximum absolute atomic E-state index is 11.8. The molecule has 6 heteroatoms. The second kappa shape index (κ2) is 6.37. The average Bonchev–Trinajstić information content (AvgIpc) is 2.76. The predicted octanol–water partition coefficient (Wildman–Crippen LogP) is 0.586. The quantitative estimate of drug-likeness (QED) is 0.832. The summed E-state index contributed by atoms with van der Waals surface area (Å²) in [6, 6.07) is 7.74. The molecule has 0 saturated carbocycles. The van der Waals surface area contributed by atoms with Gasteiger partial charge in [0.2, 0.25) is 5.91 Å². The lowest BCUT2D eigenvalue weighted by atomic mass is 10.0. The van der Waals surface area contributed by atoms with Crippen LogP contribution in [0.4, 0.5) is 0 Å². The number of nitrogens with one attached hydrogen (secondary N) is 1. The third-order valence-corrected chi connectivity index (χ3v) is 5.39. The third kappa shape index (κ3) is 4.31. The van der Waals surface area contributed by atoms with Crippen molar-refractivity contribution in [1.29, 1.82) is 0 Å². The fourth-order valence-corrected chi connectivity index (χ4v) is 4.22. The number of hydrogen-bond donors (Lipinski definition) is 2. The molecule has 0 aliphatic carbocycles. The molecule has 20 heavy (non-hydrogen) atoms. The number of amides is 1. The lowest BCUT2D eigenvalue weighted by Crippen LogP contribution is -2.25. The van der Waals surface area contributed by atoms with E-state index in [2.05, 4.69) is 5.32 Å². The van der Waals surface area contributed by atoms with Gasteiger partial charge >= 0.3 is 0 Å². The summed E-state index contributed by atoms with van der Waals surface area (Å²) in [6.45, 7) is 0.964. The van der Waals surface area contributed by atoms with Crippen LogP contribution in [0.3, 0.4) is 0 Å². The van der Waals surface area contributed by atoms with Gasteiger partial charge in [0, 0.05) is 19.5 Å². The summed E-state index contributed by atoms with van der Waals surface area (Å²) in [5, 5.41) is 2.83. The Kier molecular flexibility index (Phi) is 4.77. The molecule has 1 heterocycles. The van der Waals surface area contributed by atoms with E-state index < -0.39 is 9.84 Å². The Morgan fingerprint density at radius 1 is 1.25 bits per heavy atom. The second-order valence-corrected chi connectivity index (χ2v) is 7.50. The smallest absolute Gasteiger partial charge is 0.220 e. The first kappa shape index (κ1) is 15.0. The van der Waals surface area contributed by atoms with Crippen LogP contribution in [-0.2, 0) is 27.7 Å². The average molecular weight is 296 g/mol. The zero-order chi connectivity index (χ0) is 14.6. The van der Waals surface area contributed by atoms with Crippen LogP contribution in [0.5, 0.6) is 0 Å². The maximum Gasteiger partial charge on any atom is 0.220 e. The van der Waals surface area contributed by atoms with Crippen LogP contribution < -0.4 is 11.1 Å². The Morgan fingerprint density at radius 3 is 2.45 bits per heavy atom. The molecule has 0 bridgehead atoms. The fraction of sp³-hybridized carbons (Fsp3) is 0.500. The molecule has 1 aromatic carbocycles. The van der Waals surface area contributed by atoms with E-state index in [4.69, 9.17) is 5.73 Å². The van der Waals surface area contributed by atoms with E-state index in [1.165, 1.54) is 0 Å². The minimum absolute atomic E-state index is 0.0281. The zero-order valence-electron chi connectivity index (χ0n) is 11.3. The van der Waals surface area contributed by atoms with Crippen LogP contribution in [0.2, 0.25) is 0 Å². The van der Waals surface area contributed by atoms with Crippen molar-refractivity contribution in [2.75, 3.05) is 11.5 Å². The number of benzene rings is 1. The van der Waals surface area contributed by atoms with E-state index in [9.17, 15) is 13.2 Å². The molecule has 110 valence electrons. The van der Waals surface area contributed by atoms with Crippen molar-refractivity contribution in [2.45, 2.75) is 25.9 Å². The first-order chi connectivity index (χ1) is 9.48. The lowest BCUT2D eigenvalue weighted by Gasteiger charge is -2.09. The molecular formula is C14H20N2O3S. The highest BCUT2D eigenvalue weighted by atomic mass is 32.2. The molecule has 1 aromatic rings. The summed E-state index contributed by atoms with van der Waals surface area (Å²) in [4.78, 5) is 11.8. The second-order valence-electron chi connectivity index (χ2n) is 5.27. The molecule has 1 fully saturated rings. The highest BCUT2D eigenvalue weighted by molar-refractivity contribution is 7.91. The normalized spacial score (nSPS) is 20.8. The van der Waals surface area contributed by atoms with Crippen LogP contribution in [-0.4, -0.2) is 25.8 Å². The molecule has 1 atom stereocenters. The van der Waals surface area contributed by atoms with Crippen LogP contribution >= 0.6 is 0 Å². The summed E-state index contributed by atoms with van der Waals surface area (Å²) in [5.74, 6) is 0.242. The van der Waals surface area contributed by atoms with E-state index >= 15 is 0 Å². The first-order valence-electron chi connectivity index (χ1n) is 6.73. The Labute approximate surface area is 119 Å². The van der Waals surface area contributed by atoms with E-state index in [1.54, 1.807) is 0 Å². The zero-order valence-corrected chi connectivity index (χ0v) is 12.2. The van der Waals surface area contributed by atoms with Gasteiger partial charge in [0.1, 0.15) is 0 Å². The van der Waals surface area contributed by atoms with Crippen molar-refractivity contribution < 1.29 is 13.2 Å². The molecule has 1 aliphatic heterocycles. The highest BCUT2D eigenvalue weighted by Crippen LogP contribution is 2.21. The Balaban J connectivity index is 1.77. The topological polar surface area (TPSA) is 89.3 Å². The summed E-state index contributed by atoms with van der Waals surface area (Å²) < 4.78 is 22.6. The third-order valence-electron chi connectivity index (χ3n) is 3.55. The number of carbonyl (C=O) groups excluding carboxylic acids is 1. The Hall–Kier alpha value is -1.40. The molecule has 1 aliphatic rings. The fourth-order valence-electron chi connectivity index (χ4n) is 2.36. The number of hydrogen-bond acceptors (Lipinski definition) is 4. The molecule has 5 nitrogen and oxygen atoms in total. The first-order valence-corrected chi connectivity index (χ1v) is 8.55. The van der Waals surface area contributed by atoms with E-state index in [1.807, 2.05) is 24.3 Å². The number of carbonyl (C=O) groups is 1. The molecule has 1 amide bonds. The molecule has 0 spiro atoms. The van der Waals surface area contributed by atoms with Crippen molar-refractivity contribution >= 4 is 15.7 Å². The lowest BCUT2D eigenvalue weighted by molar-refractivity contribution is -0.122. The minimum atomic E-state index is -2.91. The largest absolute Gasteiger partial charge is 0.352 e. The number of rotatable bonds is 5. The summed E-state index contributed by atoms with van der Waals surface area (Å²) in [5.41, 5.74) is 7.58. The summed E-state index contributed by atoms with van der Waals surface area (Å²) >= 11 is 0. The van der Waals surface area contributed by atoms with Crippen molar-refractivity contribution in [1.82, 2.24) is 5.32 Å². The standard InChI is InChI=1S/C14H20N2O3S/c15-8-11-1-3-12(4-2-11)9-16-14(17)7-13-5-6-20(18,19)10-13/h1-4,13H,5-10,15H2,(H,16,17). The van der Waals surface area contributed by atoms with Gasteiger partial charge in [-0.15, -0.1) is 0 Å². The molecule has 0 aromatic heterocycles. The van der Waals surface area contributed by atoms with Crippen LogP contribution in [0.15, 0.2) is 24.3 Å². The van der Waals surface area contributed by atoms with E-state index in [-0.39, 0.29) is 23.3 Å². The Bertz CT molecular complexity index is 567. The van der Waals surface area contributed by atoms with E-state index in [0.29, 0.717) is 25.9 Å². The summed E-state index contributed by atoms with van der Waals surface area (Å²) in [7, 11) is -2.91. The van der Waals surface area contributed by atoms with Gasteiger partial charge in [-0.05, 0) is 23.5 Å².